The highest BCUT2D eigenvalue weighted by atomic mass is 16.5. The van der Waals surface area contributed by atoms with Crippen molar-refractivity contribution in [3.8, 4) is 5.75 Å². The predicted octanol–water partition coefficient (Wildman–Crippen LogP) is 1.75. The second-order valence-corrected chi connectivity index (χ2v) is 6.81. The molecule has 0 radical (unpaired) electrons. The minimum Gasteiger partial charge on any atom is -0.508 e. The lowest BCUT2D eigenvalue weighted by atomic mass is 10.1. The van der Waals surface area contributed by atoms with E-state index in [1.54, 1.807) is 23.2 Å². The second-order valence-electron chi connectivity index (χ2n) is 6.81. The number of ether oxygens (including phenoxy) is 1. The van der Waals surface area contributed by atoms with E-state index in [-0.39, 0.29) is 24.4 Å². The quantitative estimate of drug-likeness (QED) is 0.676. The zero-order valence-corrected chi connectivity index (χ0v) is 15.8. The van der Waals surface area contributed by atoms with Gasteiger partial charge in [0.2, 0.25) is 0 Å². The first-order valence-electron chi connectivity index (χ1n) is 9.49. The molecule has 7 heteroatoms. The number of morpholine rings is 1. The summed E-state index contributed by atoms with van der Waals surface area (Å²) in [4.78, 5) is 13.1. The summed E-state index contributed by atoms with van der Waals surface area (Å²) in [5.41, 5.74) is 1.87. The number of phenolic OH excluding ortho intramolecular Hbond substituents is 1. The maximum atomic E-state index is 13.1. The van der Waals surface area contributed by atoms with Gasteiger partial charge in [-0.05, 0) is 29.7 Å². The highest BCUT2D eigenvalue weighted by Crippen LogP contribution is 2.16. The van der Waals surface area contributed by atoms with E-state index in [0.717, 1.165) is 11.1 Å². The van der Waals surface area contributed by atoms with Crippen LogP contribution in [0.1, 0.15) is 11.1 Å². The smallest absolute Gasteiger partial charge is 0.332 e. The van der Waals surface area contributed by atoms with Crippen LogP contribution in [-0.4, -0.2) is 65.2 Å². The number of carbonyl (C=O) groups excluding carboxylic acids is 1. The molecule has 0 aliphatic carbocycles. The van der Waals surface area contributed by atoms with Gasteiger partial charge < -0.3 is 20.3 Å². The average molecular weight is 385 g/mol. The van der Waals surface area contributed by atoms with Crippen molar-refractivity contribution in [3.63, 3.8) is 0 Å². The Labute approximate surface area is 165 Å². The van der Waals surface area contributed by atoms with Gasteiger partial charge in [0.25, 0.3) is 0 Å². The van der Waals surface area contributed by atoms with Crippen molar-refractivity contribution >= 4 is 6.03 Å². The number of aliphatic hydroxyl groups is 1. The molecule has 3 rings (SSSR count). The van der Waals surface area contributed by atoms with Crippen LogP contribution < -0.4 is 5.32 Å². The molecular weight excluding hydrogens is 358 g/mol. The van der Waals surface area contributed by atoms with Crippen molar-refractivity contribution in [1.29, 1.82) is 0 Å². The van der Waals surface area contributed by atoms with Crippen LogP contribution in [0.2, 0.25) is 0 Å². The molecule has 150 valence electrons. The summed E-state index contributed by atoms with van der Waals surface area (Å²) in [7, 11) is 0. The molecule has 3 N–H and O–H groups in total. The van der Waals surface area contributed by atoms with Crippen LogP contribution in [-0.2, 0) is 17.7 Å². The second kappa shape index (κ2) is 10.1. The molecule has 1 aliphatic rings. The van der Waals surface area contributed by atoms with Crippen molar-refractivity contribution in [1.82, 2.24) is 15.3 Å². The Balaban J connectivity index is 1.71. The van der Waals surface area contributed by atoms with Crippen molar-refractivity contribution in [2.24, 2.45) is 0 Å². The van der Waals surface area contributed by atoms with Gasteiger partial charge in [0.05, 0.1) is 32.4 Å². The first-order valence-corrected chi connectivity index (χ1v) is 9.49. The van der Waals surface area contributed by atoms with Crippen LogP contribution >= 0.6 is 0 Å². The summed E-state index contributed by atoms with van der Waals surface area (Å²) in [5, 5.41) is 26.0. The number of aromatic hydroxyl groups is 1. The number of nitrogens with one attached hydrogen (secondary N) is 1. The molecule has 1 fully saturated rings. The number of benzene rings is 2. The summed E-state index contributed by atoms with van der Waals surface area (Å²) in [6, 6.07) is 16.0. The van der Waals surface area contributed by atoms with E-state index in [9.17, 15) is 15.0 Å². The van der Waals surface area contributed by atoms with Crippen molar-refractivity contribution < 1.29 is 19.7 Å². The fraction of sp³-hybridized carbons (Fsp3) is 0.381. The average Bonchev–Trinajstić information content (AvgIpc) is 2.73. The predicted molar refractivity (Wildman–Crippen MR) is 106 cm³/mol. The summed E-state index contributed by atoms with van der Waals surface area (Å²) in [6.45, 7) is 2.49. The van der Waals surface area contributed by atoms with Crippen molar-refractivity contribution in [2.75, 3.05) is 32.9 Å². The van der Waals surface area contributed by atoms with Gasteiger partial charge in [-0.15, -0.1) is 0 Å². The molecule has 2 aromatic carbocycles. The molecule has 0 unspecified atom stereocenters. The third-order valence-electron chi connectivity index (χ3n) is 4.68. The van der Waals surface area contributed by atoms with E-state index in [1.165, 1.54) is 0 Å². The Bertz CT molecular complexity index is 750. The molecule has 1 saturated heterocycles. The summed E-state index contributed by atoms with van der Waals surface area (Å²) >= 11 is 0. The van der Waals surface area contributed by atoms with E-state index in [1.807, 2.05) is 41.4 Å². The van der Waals surface area contributed by atoms with Crippen LogP contribution in [0.15, 0.2) is 54.6 Å². The number of hydrogen-bond donors (Lipinski definition) is 3. The summed E-state index contributed by atoms with van der Waals surface area (Å²) in [5.74, 6) is 0.164. The number of aliphatic hydroxyl groups excluding tert-OH is 1. The van der Waals surface area contributed by atoms with Crippen molar-refractivity contribution in [3.05, 3.63) is 65.7 Å². The Kier molecular flexibility index (Phi) is 7.25. The monoisotopic (exact) mass is 385 g/mol. The number of amides is 2. The van der Waals surface area contributed by atoms with E-state index < -0.39 is 0 Å². The number of urea groups is 1. The first kappa shape index (κ1) is 20.1. The fourth-order valence-corrected chi connectivity index (χ4v) is 3.23. The molecule has 0 spiro atoms. The zero-order chi connectivity index (χ0) is 19.8. The lowest BCUT2D eigenvalue weighted by Crippen LogP contribution is -2.56. The number of hydrogen-bond acceptors (Lipinski definition) is 5. The third-order valence-corrected chi connectivity index (χ3v) is 4.68. The molecule has 0 aromatic heterocycles. The standard InChI is InChI=1S/C21H27N3O4/c25-16-19(13-17-5-2-1-3-6-17)22-21(27)24(23-9-11-28-12-10-23)15-18-7-4-8-20(26)14-18/h1-8,14,19,25-26H,9-13,15-16H2,(H,22,27)/t19-/m0/s1. The lowest BCUT2D eigenvalue weighted by Gasteiger charge is -2.38. The molecule has 7 nitrogen and oxygen atoms in total. The molecular formula is C21H27N3O4. The molecule has 1 atom stereocenters. The van der Waals surface area contributed by atoms with Gasteiger partial charge in [-0.25, -0.2) is 9.80 Å². The highest BCUT2D eigenvalue weighted by Gasteiger charge is 2.25. The largest absolute Gasteiger partial charge is 0.508 e. The zero-order valence-electron chi connectivity index (χ0n) is 15.8. The van der Waals surface area contributed by atoms with Gasteiger partial charge in [0.15, 0.2) is 0 Å². The number of phenols is 1. The van der Waals surface area contributed by atoms with E-state index >= 15 is 0 Å². The van der Waals surface area contributed by atoms with E-state index in [2.05, 4.69) is 5.32 Å². The number of nitrogens with zero attached hydrogens (tertiary/aromatic N) is 2. The summed E-state index contributed by atoms with van der Waals surface area (Å²) in [6.07, 6.45) is 0.548. The molecule has 1 aliphatic heterocycles. The maximum absolute atomic E-state index is 13.1. The van der Waals surface area contributed by atoms with Gasteiger partial charge in [-0.3, -0.25) is 5.01 Å². The Hall–Kier alpha value is -2.61. The van der Waals surface area contributed by atoms with E-state index in [0.29, 0.717) is 39.3 Å². The van der Waals surface area contributed by atoms with Crippen molar-refractivity contribution in [2.45, 2.75) is 19.0 Å². The third kappa shape index (κ3) is 5.69. The van der Waals surface area contributed by atoms with Gasteiger partial charge in [0.1, 0.15) is 5.75 Å². The minimum absolute atomic E-state index is 0.149. The van der Waals surface area contributed by atoms with Crippen LogP contribution in [0.5, 0.6) is 5.75 Å². The van der Waals surface area contributed by atoms with Crippen LogP contribution in [0.3, 0.4) is 0 Å². The molecule has 0 bridgehead atoms. The van der Waals surface area contributed by atoms with Gasteiger partial charge in [-0.2, -0.15) is 0 Å². The van der Waals surface area contributed by atoms with Crippen LogP contribution in [0.4, 0.5) is 4.79 Å². The lowest BCUT2D eigenvalue weighted by molar-refractivity contribution is -0.0678. The normalized spacial score (nSPS) is 15.8. The molecule has 2 amide bonds. The maximum Gasteiger partial charge on any atom is 0.332 e. The fourth-order valence-electron chi connectivity index (χ4n) is 3.23. The van der Waals surface area contributed by atoms with Gasteiger partial charge in [-0.1, -0.05) is 42.5 Å². The Morgan fingerprint density at radius 2 is 1.82 bits per heavy atom. The number of hydrazine groups is 1. The molecule has 28 heavy (non-hydrogen) atoms. The Morgan fingerprint density at radius 1 is 1.11 bits per heavy atom. The topological polar surface area (TPSA) is 85.3 Å². The number of rotatable bonds is 7. The minimum atomic E-state index is -0.386. The first-order chi connectivity index (χ1) is 13.7. The van der Waals surface area contributed by atoms with Crippen LogP contribution in [0, 0.1) is 0 Å². The molecule has 0 saturated carbocycles. The number of carbonyl (C=O) groups is 1. The Morgan fingerprint density at radius 3 is 2.50 bits per heavy atom. The molecule has 2 aromatic rings. The molecule has 1 heterocycles. The summed E-state index contributed by atoms with van der Waals surface area (Å²) < 4.78 is 5.40. The SMILES string of the molecule is O=C(N[C@H](CO)Cc1ccccc1)N(Cc1cccc(O)c1)N1CCOCC1. The van der Waals surface area contributed by atoms with Crippen LogP contribution in [0.25, 0.3) is 0 Å². The van der Waals surface area contributed by atoms with E-state index in [4.69, 9.17) is 4.74 Å². The van der Waals surface area contributed by atoms with Gasteiger partial charge >= 0.3 is 6.03 Å². The highest BCUT2D eigenvalue weighted by molar-refractivity contribution is 5.74. The van der Waals surface area contributed by atoms with Gasteiger partial charge in [0, 0.05) is 13.1 Å².